The summed E-state index contributed by atoms with van der Waals surface area (Å²) in [5.74, 6) is 0.892. The van der Waals surface area contributed by atoms with Crippen LogP contribution >= 0.6 is 23.1 Å². The van der Waals surface area contributed by atoms with Gasteiger partial charge in [0.05, 0.1) is 21.6 Å². The first kappa shape index (κ1) is 18.4. The zero-order valence-electron chi connectivity index (χ0n) is 14.2. The molecule has 136 valence electrons. The summed E-state index contributed by atoms with van der Waals surface area (Å²) in [7, 11) is 0.543. The molecular formula is C15H20N4O3S3. The minimum atomic E-state index is -3.01. The number of rotatable bonds is 5. The van der Waals surface area contributed by atoms with Gasteiger partial charge in [-0.05, 0) is 24.8 Å². The smallest absolute Gasteiger partial charge is 0.235 e. The molecule has 2 unspecified atom stereocenters. The van der Waals surface area contributed by atoms with Gasteiger partial charge in [0, 0.05) is 20.1 Å². The average Bonchev–Trinajstić information content (AvgIpc) is 3.27. The molecule has 0 spiro atoms. The lowest BCUT2D eigenvalue weighted by atomic mass is 10.2. The van der Waals surface area contributed by atoms with Gasteiger partial charge in [-0.3, -0.25) is 4.79 Å². The number of thiophene rings is 1. The predicted octanol–water partition coefficient (Wildman–Crippen LogP) is 1.67. The number of carbonyl (C=O) groups is 1. The summed E-state index contributed by atoms with van der Waals surface area (Å²) in [5.41, 5.74) is 0. The Morgan fingerprint density at radius 3 is 2.84 bits per heavy atom. The van der Waals surface area contributed by atoms with Gasteiger partial charge in [0.25, 0.3) is 0 Å². The van der Waals surface area contributed by atoms with E-state index in [0.29, 0.717) is 11.6 Å². The lowest BCUT2D eigenvalue weighted by Gasteiger charge is -2.26. The number of hydrogen-bond donors (Lipinski definition) is 0. The summed E-state index contributed by atoms with van der Waals surface area (Å²) < 4.78 is 25.1. The van der Waals surface area contributed by atoms with Crippen molar-refractivity contribution in [2.75, 3.05) is 18.6 Å². The van der Waals surface area contributed by atoms with E-state index in [1.807, 2.05) is 36.1 Å². The van der Waals surface area contributed by atoms with Crippen LogP contribution in [0.1, 0.15) is 13.3 Å². The van der Waals surface area contributed by atoms with E-state index in [1.165, 1.54) is 11.8 Å². The van der Waals surface area contributed by atoms with Crippen LogP contribution in [0.2, 0.25) is 0 Å². The Bertz CT molecular complexity index is 861. The van der Waals surface area contributed by atoms with Crippen LogP contribution in [-0.2, 0) is 21.7 Å². The van der Waals surface area contributed by atoms with Crippen LogP contribution in [0.15, 0.2) is 22.7 Å². The molecular weight excluding hydrogens is 380 g/mol. The molecule has 0 radical (unpaired) electrons. The molecule has 1 saturated heterocycles. The van der Waals surface area contributed by atoms with Crippen molar-refractivity contribution >= 4 is 38.8 Å². The normalized spacial score (nSPS) is 20.5. The molecule has 1 amide bonds. The number of thioether (sulfide) groups is 1. The third-order valence-corrected chi connectivity index (χ3v) is 8.05. The number of hydrogen-bond acceptors (Lipinski definition) is 7. The van der Waals surface area contributed by atoms with E-state index in [2.05, 4.69) is 10.2 Å². The highest BCUT2D eigenvalue weighted by atomic mass is 32.2. The van der Waals surface area contributed by atoms with Crippen molar-refractivity contribution in [3.8, 4) is 10.7 Å². The van der Waals surface area contributed by atoms with Gasteiger partial charge in [-0.2, -0.15) is 0 Å². The summed E-state index contributed by atoms with van der Waals surface area (Å²) in [4.78, 5) is 15.2. The van der Waals surface area contributed by atoms with Crippen LogP contribution < -0.4 is 0 Å². The van der Waals surface area contributed by atoms with Crippen molar-refractivity contribution in [2.45, 2.75) is 29.8 Å². The minimum Gasteiger partial charge on any atom is -0.341 e. The number of sulfone groups is 1. The third kappa shape index (κ3) is 3.90. The molecule has 1 aliphatic heterocycles. The Labute approximate surface area is 155 Å². The second-order valence-electron chi connectivity index (χ2n) is 6.11. The Balaban J connectivity index is 1.68. The summed E-state index contributed by atoms with van der Waals surface area (Å²) in [6.07, 6.45) is 0.508. The quantitative estimate of drug-likeness (QED) is 0.710. The van der Waals surface area contributed by atoms with E-state index in [4.69, 9.17) is 0 Å². The Morgan fingerprint density at radius 2 is 2.24 bits per heavy atom. The van der Waals surface area contributed by atoms with Crippen molar-refractivity contribution in [3.05, 3.63) is 17.5 Å². The summed E-state index contributed by atoms with van der Waals surface area (Å²) in [5, 5.41) is 10.7. The van der Waals surface area contributed by atoms with Crippen molar-refractivity contribution in [2.24, 2.45) is 7.05 Å². The van der Waals surface area contributed by atoms with Crippen LogP contribution in [0.5, 0.6) is 0 Å². The molecule has 1 aliphatic rings. The minimum absolute atomic E-state index is 0.0547. The van der Waals surface area contributed by atoms with Crippen molar-refractivity contribution < 1.29 is 13.2 Å². The first-order chi connectivity index (χ1) is 11.8. The zero-order valence-corrected chi connectivity index (χ0v) is 16.7. The Morgan fingerprint density at radius 1 is 1.48 bits per heavy atom. The molecule has 7 nitrogen and oxygen atoms in total. The fraction of sp³-hybridized carbons (Fsp3) is 0.533. The van der Waals surface area contributed by atoms with E-state index in [-0.39, 0.29) is 28.7 Å². The fourth-order valence-electron chi connectivity index (χ4n) is 2.79. The molecule has 0 aliphatic carbocycles. The third-order valence-electron chi connectivity index (χ3n) is 4.31. The standard InChI is InChI=1S/C15H20N4O3S3/c1-10(14(20)18(2)11-6-8-25(21,22)9-11)24-15-17-16-13(19(15)3)12-5-4-7-23-12/h4-5,7,10-11H,6,8-9H2,1-3H3. The average molecular weight is 401 g/mol. The molecule has 0 bridgehead atoms. The highest BCUT2D eigenvalue weighted by Crippen LogP contribution is 2.29. The number of amides is 1. The molecule has 1 fully saturated rings. The van der Waals surface area contributed by atoms with Gasteiger partial charge in [-0.15, -0.1) is 21.5 Å². The van der Waals surface area contributed by atoms with Gasteiger partial charge in [0.1, 0.15) is 0 Å². The van der Waals surface area contributed by atoms with Gasteiger partial charge in [0.2, 0.25) is 5.91 Å². The highest BCUT2D eigenvalue weighted by Gasteiger charge is 2.34. The van der Waals surface area contributed by atoms with Crippen molar-refractivity contribution in [3.63, 3.8) is 0 Å². The predicted molar refractivity (Wildman–Crippen MR) is 99.5 cm³/mol. The van der Waals surface area contributed by atoms with Crippen molar-refractivity contribution in [1.29, 1.82) is 0 Å². The molecule has 10 heteroatoms. The van der Waals surface area contributed by atoms with E-state index >= 15 is 0 Å². The second kappa shape index (κ2) is 7.08. The Hall–Kier alpha value is -1.39. The van der Waals surface area contributed by atoms with E-state index in [1.54, 1.807) is 23.3 Å². The molecule has 2 aromatic heterocycles. The molecule has 3 heterocycles. The summed E-state index contributed by atoms with van der Waals surface area (Å²) in [6.45, 7) is 1.81. The topological polar surface area (TPSA) is 85.2 Å². The summed E-state index contributed by atoms with van der Waals surface area (Å²) in [6, 6.07) is 3.70. The second-order valence-corrected chi connectivity index (χ2v) is 10.6. The van der Waals surface area contributed by atoms with Gasteiger partial charge in [-0.1, -0.05) is 17.8 Å². The lowest BCUT2D eigenvalue weighted by molar-refractivity contribution is -0.130. The largest absolute Gasteiger partial charge is 0.341 e. The van der Waals surface area contributed by atoms with Gasteiger partial charge in [0.15, 0.2) is 20.8 Å². The van der Waals surface area contributed by atoms with E-state index < -0.39 is 9.84 Å². The molecule has 0 N–H and O–H groups in total. The van der Waals surface area contributed by atoms with Crippen LogP contribution in [0.3, 0.4) is 0 Å². The van der Waals surface area contributed by atoms with E-state index in [0.717, 1.165) is 10.7 Å². The molecule has 2 aromatic rings. The monoisotopic (exact) mass is 400 g/mol. The lowest BCUT2D eigenvalue weighted by Crippen LogP contribution is -2.41. The highest BCUT2D eigenvalue weighted by molar-refractivity contribution is 8.00. The van der Waals surface area contributed by atoms with E-state index in [9.17, 15) is 13.2 Å². The number of carbonyl (C=O) groups excluding carboxylic acids is 1. The van der Waals surface area contributed by atoms with Crippen LogP contribution in [-0.4, -0.2) is 63.8 Å². The van der Waals surface area contributed by atoms with Crippen LogP contribution in [0.25, 0.3) is 10.7 Å². The number of aromatic nitrogens is 3. The van der Waals surface area contributed by atoms with Crippen LogP contribution in [0.4, 0.5) is 0 Å². The maximum Gasteiger partial charge on any atom is 0.235 e. The SMILES string of the molecule is CC(Sc1nnc(-c2cccs2)n1C)C(=O)N(C)C1CCS(=O)(=O)C1. The van der Waals surface area contributed by atoms with Gasteiger partial charge in [-0.25, -0.2) is 8.42 Å². The maximum absolute atomic E-state index is 12.6. The zero-order chi connectivity index (χ0) is 18.2. The van der Waals surface area contributed by atoms with Gasteiger partial charge >= 0.3 is 0 Å². The van der Waals surface area contributed by atoms with Crippen LogP contribution in [0, 0.1) is 0 Å². The molecule has 0 saturated carbocycles. The Kier molecular flexibility index (Phi) is 5.21. The summed E-state index contributed by atoms with van der Waals surface area (Å²) >= 11 is 2.92. The first-order valence-electron chi connectivity index (χ1n) is 7.85. The fourth-order valence-corrected chi connectivity index (χ4v) is 6.23. The van der Waals surface area contributed by atoms with Crippen molar-refractivity contribution in [1.82, 2.24) is 19.7 Å². The number of nitrogens with zero attached hydrogens (tertiary/aromatic N) is 4. The molecule has 3 rings (SSSR count). The van der Waals surface area contributed by atoms with Gasteiger partial charge < -0.3 is 9.47 Å². The first-order valence-corrected chi connectivity index (χ1v) is 11.4. The maximum atomic E-state index is 12.6. The molecule has 2 atom stereocenters. The molecule has 0 aromatic carbocycles. The molecule has 25 heavy (non-hydrogen) atoms.